The van der Waals surface area contributed by atoms with Gasteiger partial charge < -0.3 is 9.84 Å². The van der Waals surface area contributed by atoms with Crippen LogP contribution in [-0.4, -0.2) is 15.1 Å². The fourth-order valence-electron chi connectivity index (χ4n) is 2.17. The molecule has 0 aliphatic rings. The Morgan fingerprint density at radius 3 is 2.76 bits per heavy atom. The summed E-state index contributed by atoms with van der Waals surface area (Å²) in [5.41, 5.74) is 3.77. The minimum absolute atomic E-state index is 0.398. The Morgan fingerprint density at radius 2 is 2.05 bits per heavy atom. The Kier molecular flexibility index (Phi) is 3.58. The monoisotopic (exact) mass is 300 g/mol. The van der Waals surface area contributed by atoms with E-state index in [2.05, 4.69) is 20.4 Å². The molecule has 0 saturated carbocycles. The minimum atomic E-state index is 0.398. The highest BCUT2D eigenvalue weighted by atomic mass is 35.5. The second-order valence-corrected chi connectivity index (χ2v) is 5.00. The number of aryl methyl sites for hydroxylation is 2. The van der Waals surface area contributed by atoms with Crippen LogP contribution in [0.4, 0.5) is 11.6 Å². The van der Waals surface area contributed by atoms with E-state index in [-0.39, 0.29) is 0 Å². The van der Waals surface area contributed by atoms with Gasteiger partial charge in [-0.3, -0.25) is 0 Å². The Hall–Kier alpha value is -2.40. The Bertz CT molecular complexity index is 765. The van der Waals surface area contributed by atoms with Gasteiger partial charge in [0.15, 0.2) is 0 Å². The van der Waals surface area contributed by atoms with Crippen molar-refractivity contribution < 1.29 is 4.52 Å². The van der Waals surface area contributed by atoms with Crippen LogP contribution in [0.1, 0.15) is 11.5 Å². The van der Waals surface area contributed by atoms with Crippen LogP contribution in [0.15, 0.2) is 41.1 Å². The lowest BCUT2D eigenvalue weighted by molar-refractivity contribution is 0.393. The fraction of sp³-hybridized carbons (Fsp3) is 0.133. The number of anilines is 2. The number of rotatable bonds is 3. The van der Waals surface area contributed by atoms with Crippen LogP contribution < -0.4 is 5.32 Å². The van der Waals surface area contributed by atoms with Crippen LogP contribution in [0.3, 0.4) is 0 Å². The van der Waals surface area contributed by atoms with E-state index in [9.17, 15) is 0 Å². The molecule has 3 aromatic rings. The highest BCUT2D eigenvalue weighted by molar-refractivity contribution is 6.29. The molecule has 0 aliphatic heterocycles. The molecule has 5 nitrogen and oxygen atoms in total. The molecule has 21 heavy (non-hydrogen) atoms. The summed E-state index contributed by atoms with van der Waals surface area (Å²) in [6, 6.07) is 9.53. The number of halogens is 1. The molecule has 6 heteroatoms. The van der Waals surface area contributed by atoms with E-state index in [0.29, 0.717) is 11.1 Å². The zero-order chi connectivity index (χ0) is 14.8. The number of nitrogens with zero attached hydrogens (tertiary/aromatic N) is 3. The molecule has 2 heterocycles. The molecule has 0 radical (unpaired) electrons. The third kappa shape index (κ3) is 2.87. The molecular weight excluding hydrogens is 288 g/mol. The average Bonchev–Trinajstić information content (AvgIpc) is 2.78. The maximum absolute atomic E-state index is 5.85. The summed E-state index contributed by atoms with van der Waals surface area (Å²) >= 11 is 5.85. The van der Waals surface area contributed by atoms with Gasteiger partial charge in [0.2, 0.25) is 5.95 Å². The van der Waals surface area contributed by atoms with Crippen LogP contribution in [0, 0.1) is 13.8 Å². The van der Waals surface area contributed by atoms with Crippen LogP contribution in [-0.2, 0) is 0 Å². The van der Waals surface area contributed by atoms with Crippen LogP contribution in [0.25, 0.3) is 11.1 Å². The van der Waals surface area contributed by atoms with E-state index in [4.69, 9.17) is 16.1 Å². The smallest absolute Gasteiger partial charge is 0.228 e. The standard InChI is InChI=1S/C15H13ClN4O/c1-9-14(10(2)21-20-9)11-4-3-5-12(8-11)18-15-17-7-6-13(16)19-15/h3-8H,1-2H3,(H,17,18,19). The largest absolute Gasteiger partial charge is 0.361 e. The highest BCUT2D eigenvalue weighted by Crippen LogP contribution is 2.29. The average molecular weight is 301 g/mol. The zero-order valence-electron chi connectivity index (χ0n) is 11.6. The lowest BCUT2D eigenvalue weighted by Gasteiger charge is -2.07. The van der Waals surface area contributed by atoms with Gasteiger partial charge in [-0.1, -0.05) is 28.9 Å². The third-order valence-corrected chi connectivity index (χ3v) is 3.27. The second-order valence-electron chi connectivity index (χ2n) is 4.61. The van der Waals surface area contributed by atoms with E-state index < -0.39 is 0 Å². The summed E-state index contributed by atoms with van der Waals surface area (Å²) in [5, 5.41) is 7.51. The summed E-state index contributed by atoms with van der Waals surface area (Å²) in [6.07, 6.45) is 1.61. The molecule has 0 atom stereocenters. The number of hydrogen-bond acceptors (Lipinski definition) is 5. The Balaban J connectivity index is 1.94. The van der Waals surface area contributed by atoms with Gasteiger partial charge in [0.25, 0.3) is 0 Å². The topological polar surface area (TPSA) is 63.8 Å². The van der Waals surface area contributed by atoms with Gasteiger partial charge in [-0.25, -0.2) is 9.97 Å². The zero-order valence-corrected chi connectivity index (χ0v) is 12.3. The molecule has 106 valence electrons. The van der Waals surface area contributed by atoms with E-state index in [1.165, 1.54) is 0 Å². The normalized spacial score (nSPS) is 10.6. The van der Waals surface area contributed by atoms with Gasteiger partial charge in [-0.2, -0.15) is 0 Å². The summed E-state index contributed by atoms with van der Waals surface area (Å²) < 4.78 is 5.21. The third-order valence-electron chi connectivity index (χ3n) is 3.06. The van der Waals surface area contributed by atoms with Crippen molar-refractivity contribution in [2.24, 2.45) is 0 Å². The molecule has 0 amide bonds. The van der Waals surface area contributed by atoms with Gasteiger partial charge in [0.1, 0.15) is 10.9 Å². The van der Waals surface area contributed by atoms with Crippen molar-refractivity contribution in [1.29, 1.82) is 0 Å². The summed E-state index contributed by atoms with van der Waals surface area (Å²) in [7, 11) is 0. The lowest BCUT2D eigenvalue weighted by Crippen LogP contribution is -1.96. The van der Waals surface area contributed by atoms with Gasteiger partial charge in [0, 0.05) is 17.4 Å². The Morgan fingerprint density at radius 1 is 1.19 bits per heavy atom. The number of aromatic nitrogens is 3. The van der Waals surface area contributed by atoms with Crippen molar-refractivity contribution in [3.05, 3.63) is 53.1 Å². The van der Waals surface area contributed by atoms with E-state index in [1.807, 2.05) is 38.1 Å². The molecule has 3 rings (SSSR count). The lowest BCUT2D eigenvalue weighted by atomic mass is 10.0. The molecule has 0 unspecified atom stereocenters. The first-order chi connectivity index (χ1) is 10.1. The van der Waals surface area contributed by atoms with E-state index in [0.717, 1.165) is 28.3 Å². The SMILES string of the molecule is Cc1noc(C)c1-c1cccc(Nc2nccc(Cl)n2)c1. The quantitative estimate of drug-likeness (QED) is 0.736. The molecule has 0 saturated heterocycles. The molecule has 0 fully saturated rings. The van der Waals surface area contributed by atoms with Crippen molar-refractivity contribution in [1.82, 2.24) is 15.1 Å². The van der Waals surface area contributed by atoms with Crippen LogP contribution >= 0.6 is 11.6 Å². The first-order valence-corrected chi connectivity index (χ1v) is 6.80. The van der Waals surface area contributed by atoms with Gasteiger partial charge in [0.05, 0.1) is 5.69 Å². The Labute approximate surface area is 127 Å². The highest BCUT2D eigenvalue weighted by Gasteiger charge is 2.11. The van der Waals surface area contributed by atoms with E-state index in [1.54, 1.807) is 12.3 Å². The van der Waals surface area contributed by atoms with Crippen molar-refractivity contribution in [3.8, 4) is 11.1 Å². The summed E-state index contributed by atoms with van der Waals surface area (Å²) in [5.74, 6) is 1.25. The molecule has 1 aromatic carbocycles. The predicted molar refractivity (Wildman–Crippen MR) is 81.7 cm³/mol. The molecule has 1 N–H and O–H groups in total. The van der Waals surface area contributed by atoms with Gasteiger partial charge >= 0.3 is 0 Å². The molecule has 0 spiro atoms. The maximum Gasteiger partial charge on any atom is 0.228 e. The first kappa shape index (κ1) is 13.6. The minimum Gasteiger partial charge on any atom is -0.361 e. The second kappa shape index (κ2) is 5.54. The number of hydrogen-bond donors (Lipinski definition) is 1. The predicted octanol–water partition coefficient (Wildman–Crippen LogP) is 4.15. The van der Waals surface area contributed by atoms with Gasteiger partial charge in [-0.05, 0) is 37.6 Å². The van der Waals surface area contributed by atoms with Gasteiger partial charge in [-0.15, -0.1) is 0 Å². The van der Waals surface area contributed by atoms with Crippen molar-refractivity contribution in [2.45, 2.75) is 13.8 Å². The van der Waals surface area contributed by atoms with Crippen molar-refractivity contribution in [3.63, 3.8) is 0 Å². The molecule has 0 bridgehead atoms. The van der Waals surface area contributed by atoms with E-state index >= 15 is 0 Å². The summed E-state index contributed by atoms with van der Waals surface area (Å²) in [4.78, 5) is 8.23. The van der Waals surface area contributed by atoms with Crippen molar-refractivity contribution in [2.75, 3.05) is 5.32 Å². The molecule has 0 aliphatic carbocycles. The first-order valence-electron chi connectivity index (χ1n) is 6.42. The molecular formula is C15H13ClN4O. The number of nitrogens with one attached hydrogen (secondary N) is 1. The number of benzene rings is 1. The van der Waals surface area contributed by atoms with Crippen molar-refractivity contribution >= 4 is 23.2 Å². The molecule has 2 aromatic heterocycles. The fourth-order valence-corrected chi connectivity index (χ4v) is 2.31. The van der Waals surface area contributed by atoms with Crippen LogP contribution in [0.2, 0.25) is 5.15 Å². The summed E-state index contributed by atoms with van der Waals surface area (Å²) in [6.45, 7) is 3.82. The maximum atomic E-state index is 5.85. The van der Waals surface area contributed by atoms with Crippen LogP contribution in [0.5, 0.6) is 0 Å².